The van der Waals surface area contributed by atoms with Gasteiger partial charge in [0.1, 0.15) is 6.61 Å². The second-order valence-electron chi connectivity index (χ2n) is 6.66. The molecule has 1 saturated heterocycles. The monoisotopic (exact) mass is 326 g/mol. The minimum absolute atomic E-state index is 0.267. The maximum Gasteiger partial charge on any atom is 0.333 e. The van der Waals surface area contributed by atoms with Crippen molar-refractivity contribution < 1.29 is 23.7 Å². The fourth-order valence-electron chi connectivity index (χ4n) is 3.22. The molecular formula is C18H30O5. The molecule has 1 saturated carbocycles. The van der Waals surface area contributed by atoms with Crippen LogP contribution in [0.15, 0.2) is 12.2 Å². The summed E-state index contributed by atoms with van der Waals surface area (Å²) in [6, 6.07) is 0. The van der Waals surface area contributed by atoms with Gasteiger partial charge in [-0.05, 0) is 25.7 Å². The highest BCUT2D eigenvalue weighted by molar-refractivity contribution is 5.86. The van der Waals surface area contributed by atoms with E-state index in [1.54, 1.807) is 6.92 Å². The minimum atomic E-state index is -0.364. The predicted molar refractivity (Wildman–Crippen MR) is 87.0 cm³/mol. The summed E-state index contributed by atoms with van der Waals surface area (Å²) in [5.41, 5.74) is 0.411. The first-order chi connectivity index (χ1) is 11.1. The highest BCUT2D eigenvalue weighted by atomic mass is 16.7. The van der Waals surface area contributed by atoms with Gasteiger partial charge >= 0.3 is 5.97 Å². The zero-order valence-electron chi connectivity index (χ0n) is 14.5. The Labute approximate surface area is 139 Å². The van der Waals surface area contributed by atoms with Crippen LogP contribution >= 0.6 is 0 Å². The fraction of sp³-hybridized carbons (Fsp3) is 0.833. The Morgan fingerprint density at radius 2 is 1.91 bits per heavy atom. The summed E-state index contributed by atoms with van der Waals surface area (Å²) >= 11 is 0. The summed E-state index contributed by atoms with van der Waals surface area (Å²) in [5, 5.41) is 0. The molecule has 5 heteroatoms. The van der Waals surface area contributed by atoms with Crippen LogP contribution in [-0.2, 0) is 23.7 Å². The highest BCUT2D eigenvalue weighted by Crippen LogP contribution is 2.39. The minimum Gasteiger partial charge on any atom is -0.460 e. The molecule has 1 unspecified atom stereocenters. The van der Waals surface area contributed by atoms with Crippen molar-refractivity contribution in [3.8, 4) is 0 Å². The molecule has 0 bridgehead atoms. The third-order valence-corrected chi connectivity index (χ3v) is 4.82. The van der Waals surface area contributed by atoms with E-state index >= 15 is 0 Å². The average molecular weight is 326 g/mol. The Hall–Kier alpha value is -0.910. The molecule has 2 aliphatic rings. The average Bonchev–Trinajstić information content (AvgIpc) is 3.00. The first-order valence-corrected chi connectivity index (χ1v) is 8.74. The molecule has 0 aromatic rings. The second kappa shape index (κ2) is 8.81. The lowest BCUT2D eigenvalue weighted by Gasteiger charge is -2.40. The van der Waals surface area contributed by atoms with E-state index in [1.807, 2.05) is 0 Å². The molecule has 0 N–H and O–H groups in total. The Bertz CT molecular complexity index is 390. The van der Waals surface area contributed by atoms with Crippen molar-refractivity contribution in [3.63, 3.8) is 0 Å². The normalized spacial score (nSPS) is 22.2. The second-order valence-corrected chi connectivity index (χ2v) is 6.66. The summed E-state index contributed by atoms with van der Waals surface area (Å²) in [5.74, 6) is 0.137. The fourth-order valence-corrected chi connectivity index (χ4v) is 3.22. The van der Waals surface area contributed by atoms with Crippen LogP contribution in [0.5, 0.6) is 0 Å². The van der Waals surface area contributed by atoms with E-state index in [2.05, 4.69) is 13.5 Å². The van der Waals surface area contributed by atoms with E-state index in [1.165, 1.54) is 12.8 Å². The largest absolute Gasteiger partial charge is 0.460 e. The molecule has 0 aromatic carbocycles. The molecule has 1 aliphatic carbocycles. The first kappa shape index (κ1) is 18.4. The Morgan fingerprint density at radius 3 is 2.48 bits per heavy atom. The van der Waals surface area contributed by atoms with Gasteiger partial charge in [0.25, 0.3) is 0 Å². The quantitative estimate of drug-likeness (QED) is 0.390. The summed E-state index contributed by atoms with van der Waals surface area (Å²) in [4.78, 5) is 11.3. The van der Waals surface area contributed by atoms with Crippen molar-refractivity contribution in [1.82, 2.24) is 0 Å². The van der Waals surface area contributed by atoms with Crippen LogP contribution in [-0.4, -0.2) is 44.8 Å². The van der Waals surface area contributed by atoms with E-state index in [4.69, 9.17) is 18.9 Å². The molecule has 2 rings (SSSR count). The smallest absolute Gasteiger partial charge is 0.333 e. The van der Waals surface area contributed by atoms with E-state index in [9.17, 15) is 4.79 Å². The number of esters is 1. The molecular weight excluding hydrogens is 296 g/mol. The molecule has 1 heterocycles. The lowest BCUT2D eigenvalue weighted by Crippen LogP contribution is -2.44. The molecule has 1 aliphatic heterocycles. The van der Waals surface area contributed by atoms with Crippen LogP contribution in [0.3, 0.4) is 0 Å². The van der Waals surface area contributed by atoms with Gasteiger partial charge in [0.2, 0.25) is 0 Å². The Balaban J connectivity index is 1.63. The van der Waals surface area contributed by atoms with Gasteiger partial charge in [-0.2, -0.15) is 0 Å². The van der Waals surface area contributed by atoms with Gasteiger partial charge < -0.3 is 18.9 Å². The van der Waals surface area contributed by atoms with Crippen molar-refractivity contribution in [2.24, 2.45) is 11.8 Å². The van der Waals surface area contributed by atoms with E-state index in [0.29, 0.717) is 30.6 Å². The number of ether oxygens (including phenoxy) is 4. The molecule has 2 fully saturated rings. The maximum absolute atomic E-state index is 11.3. The highest BCUT2D eigenvalue weighted by Gasteiger charge is 2.41. The standard InChI is InChI=1S/C18H30O5/c1-4-15(11-20-9-10-21-17(19)14(2)3)16-12-22-18(23-13-16)7-5-6-8-18/h15-16H,2,4-13H2,1,3H3. The predicted octanol–water partition coefficient (Wildman–Crippen LogP) is 3.08. The van der Waals surface area contributed by atoms with Crippen molar-refractivity contribution in [3.05, 3.63) is 12.2 Å². The summed E-state index contributed by atoms with van der Waals surface area (Å²) < 4.78 is 22.8. The van der Waals surface area contributed by atoms with Gasteiger partial charge in [0.15, 0.2) is 5.79 Å². The van der Waals surface area contributed by atoms with Crippen LogP contribution in [0, 0.1) is 11.8 Å². The molecule has 5 nitrogen and oxygen atoms in total. The molecule has 0 aromatic heterocycles. The Morgan fingerprint density at radius 1 is 1.26 bits per heavy atom. The number of rotatable bonds is 8. The van der Waals surface area contributed by atoms with Crippen LogP contribution < -0.4 is 0 Å². The summed E-state index contributed by atoms with van der Waals surface area (Å²) in [6.45, 7) is 10.2. The molecule has 1 atom stereocenters. The number of carbonyl (C=O) groups excluding carboxylic acids is 1. The number of hydrogen-bond donors (Lipinski definition) is 0. The number of carbonyl (C=O) groups is 1. The van der Waals surface area contributed by atoms with Gasteiger partial charge in [-0.1, -0.05) is 19.9 Å². The lowest BCUT2D eigenvalue weighted by atomic mass is 9.91. The van der Waals surface area contributed by atoms with Crippen molar-refractivity contribution in [1.29, 1.82) is 0 Å². The molecule has 132 valence electrons. The first-order valence-electron chi connectivity index (χ1n) is 8.74. The molecule has 1 spiro atoms. The number of hydrogen-bond acceptors (Lipinski definition) is 5. The third kappa shape index (κ3) is 5.30. The zero-order chi connectivity index (χ0) is 16.7. The van der Waals surface area contributed by atoms with Crippen LogP contribution in [0.25, 0.3) is 0 Å². The topological polar surface area (TPSA) is 54.0 Å². The van der Waals surface area contributed by atoms with Gasteiger partial charge in [-0.15, -0.1) is 0 Å². The van der Waals surface area contributed by atoms with Crippen molar-refractivity contribution in [2.75, 3.05) is 33.0 Å². The zero-order valence-corrected chi connectivity index (χ0v) is 14.5. The van der Waals surface area contributed by atoms with Gasteiger partial charge in [0.05, 0.1) is 19.8 Å². The Kier molecular flexibility index (Phi) is 7.06. The van der Waals surface area contributed by atoms with Crippen LogP contribution in [0.4, 0.5) is 0 Å². The molecule has 0 amide bonds. The van der Waals surface area contributed by atoms with E-state index < -0.39 is 0 Å². The van der Waals surface area contributed by atoms with Gasteiger partial charge in [0, 0.05) is 30.9 Å². The summed E-state index contributed by atoms with van der Waals surface area (Å²) in [6.07, 6.45) is 5.49. The summed E-state index contributed by atoms with van der Waals surface area (Å²) in [7, 11) is 0. The third-order valence-electron chi connectivity index (χ3n) is 4.82. The molecule has 0 radical (unpaired) electrons. The lowest BCUT2D eigenvalue weighted by molar-refractivity contribution is -0.285. The SMILES string of the molecule is C=C(C)C(=O)OCCOCC(CC)C1COC2(CCCC2)OC1. The van der Waals surface area contributed by atoms with Crippen molar-refractivity contribution in [2.45, 2.75) is 51.7 Å². The van der Waals surface area contributed by atoms with E-state index in [-0.39, 0.29) is 18.4 Å². The van der Waals surface area contributed by atoms with Gasteiger partial charge in [-0.25, -0.2) is 4.79 Å². The van der Waals surface area contributed by atoms with Gasteiger partial charge in [-0.3, -0.25) is 0 Å². The van der Waals surface area contributed by atoms with Crippen molar-refractivity contribution >= 4 is 5.97 Å². The van der Waals surface area contributed by atoms with Crippen LogP contribution in [0.1, 0.15) is 46.0 Å². The van der Waals surface area contributed by atoms with Crippen LogP contribution in [0.2, 0.25) is 0 Å². The maximum atomic E-state index is 11.3. The molecule has 23 heavy (non-hydrogen) atoms. The van der Waals surface area contributed by atoms with E-state index in [0.717, 1.165) is 32.5 Å².